The van der Waals surface area contributed by atoms with Crippen LogP contribution >= 0.6 is 0 Å². The van der Waals surface area contributed by atoms with Crippen LogP contribution in [0, 0.1) is 5.41 Å². The molecule has 0 aromatic heterocycles. The molecule has 1 unspecified atom stereocenters. The summed E-state index contributed by atoms with van der Waals surface area (Å²) in [4.78, 5) is 0. The second-order valence-electron chi connectivity index (χ2n) is 5.65. The number of oxime groups is 1. The van der Waals surface area contributed by atoms with Gasteiger partial charge >= 0.3 is 0 Å². The maximum Gasteiger partial charge on any atom is 0.279 e. The molecule has 8 heteroatoms. The molecule has 0 aliphatic carbocycles. The highest BCUT2D eigenvalue weighted by molar-refractivity contribution is 7.87. The molecular formula is C11H24N4O3S. The summed E-state index contributed by atoms with van der Waals surface area (Å²) >= 11 is 0. The van der Waals surface area contributed by atoms with Crippen LogP contribution in [0.1, 0.15) is 40.0 Å². The van der Waals surface area contributed by atoms with E-state index in [2.05, 4.69) is 9.88 Å². The maximum atomic E-state index is 12.2. The molecule has 0 aromatic rings. The molecule has 1 heterocycles. The van der Waals surface area contributed by atoms with Crippen molar-refractivity contribution in [2.24, 2.45) is 16.3 Å². The molecule has 0 aromatic carbocycles. The molecule has 0 radical (unpaired) electrons. The first-order valence-electron chi connectivity index (χ1n) is 6.45. The van der Waals surface area contributed by atoms with E-state index in [1.165, 1.54) is 4.31 Å². The Morgan fingerprint density at radius 1 is 1.53 bits per heavy atom. The zero-order chi connectivity index (χ0) is 14.7. The third-order valence-electron chi connectivity index (χ3n) is 3.55. The number of nitrogens with two attached hydrogens (primary N) is 1. The van der Waals surface area contributed by atoms with Gasteiger partial charge in [0, 0.05) is 24.5 Å². The van der Waals surface area contributed by atoms with Gasteiger partial charge in [-0.3, -0.25) is 0 Å². The van der Waals surface area contributed by atoms with E-state index in [-0.39, 0.29) is 18.4 Å². The molecule has 0 amide bonds. The first kappa shape index (κ1) is 16.2. The lowest BCUT2D eigenvalue weighted by Crippen LogP contribution is -2.51. The first-order chi connectivity index (χ1) is 8.70. The summed E-state index contributed by atoms with van der Waals surface area (Å²) in [6.45, 7) is 5.97. The van der Waals surface area contributed by atoms with E-state index >= 15 is 0 Å². The molecule has 1 atom stereocenters. The largest absolute Gasteiger partial charge is 0.409 e. The van der Waals surface area contributed by atoms with Crippen LogP contribution in [0.2, 0.25) is 0 Å². The Morgan fingerprint density at radius 2 is 2.16 bits per heavy atom. The van der Waals surface area contributed by atoms with E-state index in [4.69, 9.17) is 10.9 Å². The van der Waals surface area contributed by atoms with Crippen LogP contribution in [0.5, 0.6) is 0 Å². The summed E-state index contributed by atoms with van der Waals surface area (Å²) in [5.41, 5.74) is 4.80. The Labute approximate surface area is 115 Å². The van der Waals surface area contributed by atoms with E-state index in [1.807, 2.05) is 6.92 Å². The predicted molar refractivity (Wildman–Crippen MR) is 74.1 cm³/mol. The molecule has 1 saturated heterocycles. The third kappa shape index (κ3) is 4.05. The van der Waals surface area contributed by atoms with Gasteiger partial charge in [-0.25, -0.2) is 4.72 Å². The number of piperidine rings is 1. The normalized spacial score (nSPS) is 23.5. The Kier molecular flexibility index (Phi) is 5.17. The van der Waals surface area contributed by atoms with Gasteiger partial charge in [-0.1, -0.05) is 25.4 Å². The van der Waals surface area contributed by atoms with Gasteiger partial charge in [-0.15, -0.1) is 0 Å². The van der Waals surface area contributed by atoms with Crippen LogP contribution in [0.4, 0.5) is 0 Å². The fourth-order valence-electron chi connectivity index (χ4n) is 2.01. The van der Waals surface area contributed by atoms with Gasteiger partial charge in [0.1, 0.15) is 5.84 Å². The quantitative estimate of drug-likeness (QED) is 0.296. The molecule has 4 N–H and O–H groups in total. The summed E-state index contributed by atoms with van der Waals surface area (Å²) in [7, 11) is -3.52. The van der Waals surface area contributed by atoms with Crippen LogP contribution in [0.15, 0.2) is 5.16 Å². The molecule has 1 fully saturated rings. The highest BCUT2D eigenvalue weighted by Crippen LogP contribution is 2.20. The Hall–Kier alpha value is -0.860. The van der Waals surface area contributed by atoms with Crippen molar-refractivity contribution in [1.82, 2.24) is 9.03 Å². The number of hydrogen-bond acceptors (Lipinski definition) is 4. The molecule has 19 heavy (non-hydrogen) atoms. The zero-order valence-electron chi connectivity index (χ0n) is 11.8. The van der Waals surface area contributed by atoms with E-state index in [9.17, 15) is 8.42 Å². The smallest absolute Gasteiger partial charge is 0.279 e. The fourth-order valence-corrected chi connectivity index (χ4v) is 3.67. The molecule has 1 rings (SSSR count). The van der Waals surface area contributed by atoms with Crippen molar-refractivity contribution in [3.05, 3.63) is 0 Å². The molecule has 0 spiro atoms. The molecule has 1 aliphatic rings. The van der Waals surface area contributed by atoms with Crippen LogP contribution in [0.3, 0.4) is 0 Å². The summed E-state index contributed by atoms with van der Waals surface area (Å²) in [6.07, 6.45) is 2.82. The summed E-state index contributed by atoms with van der Waals surface area (Å²) in [5.74, 6) is 0.00175. The third-order valence-corrected chi connectivity index (χ3v) is 5.22. The van der Waals surface area contributed by atoms with Crippen molar-refractivity contribution in [2.45, 2.75) is 46.1 Å². The van der Waals surface area contributed by atoms with Crippen molar-refractivity contribution < 1.29 is 13.6 Å². The SMILES string of the molecule is CC1CCCCN1S(=O)(=O)NCC(C)(C)C(N)=NO. The minimum Gasteiger partial charge on any atom is -0.409 e. The number of hydrogen-bond donors (Lipinski definition) is 3. The maximum absolute atomic E-state index is 12.2. The highest BCUT2D eigenvalue weighted by atomic mass is 32.2. The number of amidine groups is 1. The van der Waals surface area contributed by atoms with Crippen molar-refractivity contribution in [2.75, 3.05) is 13.1 Å². The van der Waals surface area contributed by atoms with Crippen molar-refractivity contribution in [3.8, 4) is 0 Å². The average molecular weight is 292 g/mol. The Bertz CT molecular complexity index is 433. The second kappa shape index (κ2) is 6.06. The molecule has 0 bridgehead atoms. The van der Waals surface area contributed by atoms with Gasteiger partial charge in [-0.05, 0) is 19.8 Å². The monoisotopic (exact) mass is 292 g/mol. The van der Waals surface area contributed by atoms with Crippen molar-refractivity contribution in [3.63, 3.8) is 0 Å². The molecule has 1 aliphatic heterocycles. The summed E-state index contributed by atoms with van der Waals surface area (Å²) < 4.78 is 28.5. The highest BCUT2D eigenvalue weighted by Gasteiger charge is 2.32. The van der Waals surface area contributed by atoms with Gasteiger partial charge in [0.2, 0.25) is 0 Å². The Morgan fingerprint density at radius 3 is 2.68 bits per heavy atom. The van der Waals surface area contributed by atoms with Crippen LogP contribution in [-0.2, 0) is 10.2 Å². The lowest BCUT2D eigenvalue weighted by Gasteiger charge is -2.33. The zero-order valence-corrected chi connectivity index (χ0v) is 12.6. The van der Waals surface area contributed by atoms with Gasteiger partial charge in [0.25, 0.3) is 10.2 Å². The van der Waals surface area contributed by atoms with Gasteiger partial charge in [0.15, 0.2) is 0 Å². The van der Waals surface area contributed by atoms with E-state index in [0.717, 1.165) is 19.3 Å². The van der Waals surface area contributed by atoms with Crippen LogP contribution < -0.4 is 10.5 Å². The first-order valence-corrected chi connectivity index (χ1v) is 7.89. The van der Waals surface area contributed by atoms with Gasteiger partial charge < -0.3 is 10.9 Å². The summed E-state index contributed by atoms with van der Waals surface area (Å²) in [6, 6.07) is 0.0122. The van der Waals surface area contributed by atoms with E-state index in [1.54, 1.807) is 13.8 Å². The molecular weight excluding hydrogens is 268 g/mol. The topological polar surface area (TPSA) is 108 Å². The standard InChI is InChI=1S/C11H24N4O3S/c1-9-6-4-5-7-15(9)19(17,18)13-8-11(2,3)10(12)14-16/h9,13,16H,4-8H2,1-3H3,(H2,12,14). The fraction of sp³-hybridized carbons (Fsp3) is 0.909. The summed E-state index contributed by atoms with van der Waals surface area (Å²) in [5, 5.41) is 11.6. The molecule has 112 valence electrons. The van der Waals surface area contributed by atoms with Crippen LogP contribution in [0.25, 0.3) is 0 Å². The predicted octanol–water partition coefficient (Wildman–Crippen LogP) is 0.468. The lowest BCUT2D eigenvalue weighted by molar-refractivity contribution is 0.263. The van der Waals surface area contributed by atoms with Gasteiger partial charge in [-0.2, -0.15) is 12.7 Å². The van der Waals surface area contributed by atoms with E-state index in [0.29, 0.717) is 6.54 Å². The minimum atomic E-state index is -3.52. The second-order valence-corrected chi connectivity index (χ2v) is 7.36. The average Bonchev–Trinajstić information content (AvgIpc) is 2.36. The van der Waals surface area contributed by atoms with Gasteiger partial charge in [0.05, 0.1) is 0 Å². The Balaban J connectivity index is 2.70. The van der Waals surface area contributed by atoms with E-state index < -0.39 is 15.6 Å². The molecule has 7 nitrogen and oxygen atoms in total. The van der Waals surface area contributed by atoms with Crippen LogP contribution in [-0.4, -0.2) is 42.9 Å². The number of nitrogens with one attached hydrogen (secondary N) is 1. The lowest BCUT2D eigenvalue weighted by atomic mass is 9.93. The number of nitrogens with zero attached hydrogens (tertiary/aromatic N) is 2. The molecule has 0 saturated carbocycles. The van der Waals surface area contributed by atoms with Crippen molar-refractivity contribution in [1.29, 1.82) is 0 Å². The number of rotatable bonds is 5. The van der Waals surface area contributed by atoms with Crippen molar-refractivity contribution >= 4 is 16.0 Å². The minimum absolute atomic E-state index is 0.00175.